The highest BCUT2D eigenvalue weighted by molar-refractivity contribution is 5.85. The van der Waals surface area contributed by atoms with Gasteiger partial charge in [-0.1, -0.05) is 13.0 Å². The van der Waals surface area contributed by atoms with E-state index in [1.165, 1.54) is 6.92 Å². The molecule has 0 bridgehead atoms. The van der Waals surface area contributed by atoms with Gasteiger partial charge in [0.15, 0.2) is 0 Å². The Morgan fingerprint density at radius 1 is 1.25 bits per heavy atom. The molecule has 0 fully saturated rings. The van der Waals surface area contributed by atoms with Crippen molar-refractivity contribution in [1.82, 2.24) is 5.32 Å². The Bertz CT molecular complexity index is 600. The zero-order valence-corrected chi connectivity index (χ0v) is 13.3. The van der Waals surface area contributed by atoms with Crippen LogP contribution in [0, 0.1) is 17.6 Å². The maximum atomic E-state index is 13.5. The molecule has 0 heterocycles. The molecular weight excluding hydrogens is 324 g/mol. The van der Waals surface area contributed by atoms with Crippen LogP contribution in [0.3, 0.4) is 0 Å². The van der Waals surface area contributed by atoms with Crippen LogP contribution in [0.4, 0.5) is 8.78 Å². The summed E-state index contributed by atoms with van der Waals surface area (Å²) in [5, 5.41) is 11.4. The van der Waals surface area contributed by atoms with Crippen molar-refractivity contribution in [2.24, 2.45) is 5.92 Å². The zero-order valence-electron chi connectivity index (χ0n) is 13.3. The predicted molar refractivity (Wildman–Crippen MR) is 80.0 cm³/mol. The second-order valence-electron chi connectivity index (χ2n) is 5.25. The Labute approximate surface area is 137 Å². The van der Waals surface area contributed by atoms with Crippen molar-refractivity contribution in [3.8, 4) is 0 Å². The van der Waals surface area contributed by atoms with Crippen molar-refractivity contribution in [2.75, 3.05) is 6.61 Å². The van der Waals surface area contributed by atoms with E-state index in [-0.39, 0.29) is 13.0 Å². The molecule has 1 amide bonds. The smallest absolute Gasteiger partial charge is 0.326 e. The minimum absolute atomic E-state index is 0.155. The number of rotatable bonds is 8. The van der Waals surface area contributed by atoms with Gasteiger partial charge in [0.05, 0.1) is 19.4 Å². The SMILES string of the molecule is CCOC(=O)C[C@H](C)[C@H](NC(=O)Cc1c(F)cccc1F)C(=O)O. The van der Waals surface area contributed by atoms with Crippen LogP contribution >= 0.6 is 0 Å². The average Bonchev–Trinajstić information content (AvgIpc) is 2.48. The van der Waals surface area contributed by atoms with Gasteiger partial charge < -0.3 is 15.2 Å². The van der Waals surface area contributed by atoms with Crippen molar-refractivity contribution in [3.05, 3.63) is 35.4 Å². The van der Waals surface area contributed by atoms with Gasteiger partial charge in [0.1, 0.15) is 17.7 Å². The van der Waals surface area contributed by atoms with E-state index in [1.807, 2.05) is 0 Å². The van der Waals surface area contributed by atoms with Crippen molar-refractivity contribution in [3.63, 3.8) is 0 Å². The van der Waals surface area contributed by atoms with Crippen molar-refractivity contribution < 1.29 is 33.0 Å². The number of carbonyl (C=O) groups excluding carboxylic acids is 2. The summed E-state index contributed by atoms with van der Waals surface area (Å²) in [5.41, 5.74) is -0.447. The molecule has 1 aromatic rings. The maximum Gasteiger partial charge on any atom is 0.326 e. The predicted octanol–water partition coefficient (Wildman–Crippen LogP) is 1.67. The van der Waals surface area contributed by atoms with Crippen LogP contribution in [0.2, 0.25) is 0 Å². The Hall–Kier alpha value is -2.51. The number of ether oxygens (including phenoxy) is 1. The first-order chi connectivity index (χ1) is 11.3. The molecule has 24 heavy (non-hydrogen) atoms. The molecule has 1 aromatic carbocycles. The number of carboxylic acid groups (broad SMARTS) is 1. The molecule has 0 aromatic heterocycles. The van der Waals surface area contributed by atoms with Gasteiger partial charge >= 0.3 is 11.9 Å². The van der Waals surface area contributed by atoms with E-state index in [0.29, 0.717) is 0 Å². The first kappa shape index (κ1) is 19.5. The summed E-state index contributed by atoms with van der Waals surface area (Å²) in [7, 11) is 0. The van der Waals surface area contributed by atoms with Crippen molar-refractivity contribution in [1.29, 1.82) is 0 Å². The molecule has 8 heteroatoms. The van der Waals surface area contributed by atoms with Gasteiger partial charge in [-0.3, -0.25) is 9.59 Å². The summed E-state index contributed by atoms with van der Waals surface area (Å²) < 4.78 is 31.8. The molecule has 0 saturated carbocycles. The standard InChI is InChI=1S/C16H19F2NO5/c1-3-24-14(21)7-9(2)15(16(22)23)19-13(20)8-10-11(17)5-4-6-12(10)18/h4-6,9,15H,3,7-8H2,1-2H3,(H,19,20)(H,22,23)/t9-,15-/m0/s1. The van der Waals surface area contributed by atoms with Crippen LogP contribution in [0.1, 0.15) is 25.8 Å². The Morgan fingerprint density at radius 3 is 2.33 bits per heavy atom. The van der Waals surface area contributed by atoms with E-state index >= 15 is 0 Å². The summed E-state index contributed by atoms with van der Waals surface area (Å²) in [4.78, 5) is 34.6. The van der Waals surface area contributed by atoms with E-state index < -0.39 is 53.4 Å². The monoisotopic (exact) mass is 343 g/mol. The quantitative estimate of drug-likeness (QED) is 0.701. The lowest BCUT2D eigenvalue weighted by molar-refractivity contribution is -0.147. The molecule has 1 rings (SSSR count). The van der Waals surface area contributed by atoms with Gasteiger partial charge in [-0.15, -0.1) is 0 Å². The number of benzene rings is 1. The summed E-state index contributed by atoms with van der Waals surface area (Å²) in [6, 6.07) is 1.79. The highest BCUT2D eigenvalue weighted by Crippen LogP contribution is 2.14. The van der Waals surface area contributed by atoms with Crippen LogP contribution < -0.4 is 5.32 Å². The lowest BCUT2D eigenvalue weighted by Gasteiger charge is -2.21. The third kappa shape index (κ3) is 5.60. The second-order valence-corrected chi connectivity index (χ2v) is 5.25. The second kappa shape index (κ2) is 8.95. The third-order valence-electron chi connectivity index (χ3n) is 3.34. The minimum atomic E-state index is -1.38. The van der Waals surface area contributed by atoms with Crippen LogP contribution in [0.25, 0.3) is 0 Å². The number of amides is 1. The first-order valence-electron chi connectivity index (χ1n) is 7.36. The van der Waals surface area contributed by atoms with Crippen LogP contribution in [0.15, 0.2) is 18.2 Å². The molecule has 2 N–H and O–H groups in total. The fourth-order valence-corrected chi connectivity index (χ4v) is 2.13. The lowest BCUT2D eigenvalue weighted by atomic mass is 9.98. The molecular formula is C16H19F2NO5. The highest BCUT2D eigenvalue weighted by Gasteiger charge is 2.29. The molecule has 0 aliphatic heterocycles. The molecule has 0 saturated heterocycles. The summed E-state index contributed by atoms with van der Waals surface area (Å²) in [5.74, 6) is -5.34. The number of aliphatic carboxylic acids is 1. The Balaban J connectivity index is 2.76. The van der Waals surface area contributed by atoms with Gasteiger partial charge in [0, 0.05) is 5.56 Å². The lowest BCUT2D eigenvalue weighted by Crippen LogP contribution is -2.46. The number of hydrogen-bond donors (Lipinski definition) is 2. The van der Waals surface area contributed by atoms with Gasteiger partial charge in [-0.2, -0.15) is 0 Å². The average molecular weight is 343 g/mol. The normalized spacial score (nSPS) is 13.0. The summed E-state index contributed by atoms with van der Waals surface area (Å²) >= 11 is 0. The number of hydrogen-bond acceptors (Lipinski definition) is 4. The van der Waals surface area contributed by atoms with Crippen molar-refractivity contribution in [2.45, 2.75) is 32.7 Å². The molecule has 0 aliphatic carbocycles. The Morgan fingerprint density at radius 2 is 1.83 bits per heavy atom. The van der Waals surface area contributed by atoms with Crippen LogP contribution in [-0.4, -0.2) is 35.6 Å². The van der Waals surface area contributed by atoms with Gasteiger partial charge in [-0.05, 0) is 25.0 Å². The number of halogens is 2. The number of nitrogens with one attached hydrogen (secondary N) is 1. The molecule has 0 radical (unpaired) electrons. The fourth-order valence-electron chi connectivity index (χ4n) is 2.13. The first-order valence-corrected chi connectivity index (χ1v) is 7.36. The van der Waals surface area contributed by atoms with E-state index in [0.717, 1.165) is 18.2 Å². The number of carbonyl (C=O) groups is 3. The summed E-state index contributed by atoms with van der Waals surface area (Å²) in [6.45, 7) is 3.23. The van der Waals surface area contributed by atoms with E-state index in [1.54, 1.807) is 6.92 Å². The van der Waals surface area contributed by atoms with E-state index in [4.69, 9.17) is 4.74 Å². The maximum absolute atomic E-state index is 13.5. The third-order valence-corrected chi connectivity index (χ3v) is 3.34. The highest BCUT2D eigenvalue weighted by atomic mass is 19.1. The fraction of sp³-hybridized carbons (Fsp3) is 0.438. The number of esters is 1. The van der Waals surface area contributed by atoms with Crippen LogP contribution in [0.5, 0.6) is 0 Å². The van der Waals surface area contributed by atoms with Crippen LogP contribution in [-0.2, 0) is 25.5 Å². The molecule has 0 spiro atoms. The summed E-state index contributed by atoms with van der Waals surface area (Å²) in [6.07, 6.45) is -0.854. The largest absolute Gasteiger partial charge is 0.480 e. The minimum Gasteiger partial charge on any atom is -0.480 e. The molecule has 6 nitrogen and oxygen atoms in total. The van der Waals surface area contributed by atoms with Crippen molar-refractivity contribution >= 4 is 17.8 Å². The Kier molecular flexibility index (Phi) is 7.29. The topological polar surface area (TPSA) is 92.7 Å². The molecule has 2 atom stereocenters. The van der Waals surface area contributed by atoms with Gasteiger partial charge in [0.2, 0.25) is 5.91 Å². The zero-order chi connectivity index (χ0) is 18.3. The van der Waals surface area contributed by atoms with E-state index in [9.17, 15) is 28.3 Å². The molecule has 0 aliphatic rings. The number of carboxylic acids is 1. The molecule has 132 valence electrons. The van der Waals surface area contributed by atoms with E-state index in [2.05, 4.69) is 5.32 Å². The van der Waals surface area contributed by atoms with Gasteiger partial charge in [0.25, 0.3) is 0 Å². The van der Waals surface area contributed by atoms with Gasteiger partial charge in [-0.25, -0.2) is 13.6 Å². The molecule has 0 unspecified atom stereocenters.